The molecule has 3 saturated carbocycles. The average molecular weight is 437 g/mol. The van der Waals surface area contributed by atoms with E-state index in [2.05, 4.69) is 133 Å². The molecule has 0 N–H and O–H groups in total. The molecule has 0 aliphatic heterocycles. The zero-order valence-corrected chi connectivity index (χ0v) is 19.0. The third kappa shape index (κ3) is 3.52. The summed E-state index contributed by atoms with van der Waals surface area (Å²) in [6.45, 7) is 0. The minimum Gasteiger partial charge on any atom is -0.119 e. The van der Waals surface area contributed by atoms with Crippen LogP contribution in [0.3, 0.4) is 0 Å². The van der Waals surface area contributed by atoms with E-state index in [1.807, 2.05) is 0 Å². The van der Waals surface area contributed by atoms with Gasteiger partial charge in [-0.05, 0) is 53.6 Å². The van der Waals surface area contributed by atoms with Crippen molar-refractivity contribution in [3.8, 4) is 22.3 Å². The molecular formula is C29H24S2. The molecule has 2 heteroatoms. The molecular weight excluding hydrogens is 412 g/mol. The second-order valence-electron chi connectivity index (χ2n) is 8.82. The van der Waals surface area contributed by atoms with E-state index in [9.17, 15) is 0 Å². The smallest absolute Gasteiger partial charge is 0.0247 e. The lowest BCUT2D eigenvalue weighted by Crippen LogP contribution is -2.68. The standard InChI is InChI=1S/C29H24S2/c1-3-11-22(12-4-1)24-15-7-9-17-26(24)30-28-19-29(20-28,21-28)31-27-18-10-8-16-25(27)23-13-5-2-6-14-23/h1-18H,19-21H2. The molecule has 0 saturated heterocycles. The second kappa shape index (κ2) is 7.62. The molecule has 0 aromatic heterocycles. The zero-order valence-electron chi connectivity index (χ0n) is 17.3. The van der Waals surface area contributed by atoms with Crippen LogP contribution in [-0.2, 0) is 0 Å². The fraction of sp³-hybridized carbons (Fsp3) is 0.172. The number of benzene rings is 4. The molecule has 0 unspecified atom stereocenters. The van der Waals surface area contributed by atoms with E-state index in [4.69, 9.17) is 0 Å². The van der Waals surface area contributed by atoms with E-state index >= 15 is 0 Å². The first-order chi connectivity index (χ1) is 15.2. The summed E-state index contributed by atoms with van der Waals surface area (Å²) in [5.74, 6) is 0. The van der Waals surface area contributed by atoms with Crippen molar-refractivity contribution in [3.05, 3.63) is 109 Å². The van der Waals surface area contributed by atoms with Crippen LogP contribution in [0.5, 0.6) is 0 Å². The number of thioether (sulfide) groups is 2. The van der Waals surface area contributed by atoms with Crippen molar-refractivity contribution in [1.82, 2.24) is 0 Å². The Labute approximate surface area is 193 Å². The first-order valence-electron chi connectivity index (χ1n) is 10.9. The van der Waals surface area contributed by atoms with Crippen LogP contribution in [0, 0.1) is 0 Å². The number of hydrogen-bond acceptors (Lipinski definition) is 2. The summed E-state index contributed by atoms with van der Waals surface area (Å²) < 4.78 is 0.860. The van der Waals surface area contributed by atoms with Gasteiger partial charge in [-0.3, -0.25) is 0 Å². The van der Waals surface area contributed by atoms with Gasteiger partial charge >= 0.3 is 0 Å². The maximum Gasteiger partial charge on any atom is 0.0247 e. The van der Waals surface area contributed by atoms with Crippen molar-refractivity contribution in [2.45, 2.75) is 38.5 Å². The van der Waals surface area contributed by atoms with Gasteiger partial charge in [0.15, 0.2) is 0 Å². The molecule has 4 aromatic carbocycles. The highest BCUT2D eigenvalue weighted by molar-refractivity contribution is 8.03. The summed E-state index contributed by atoms with van der Waals surface area (Å²) in [4.78, 5) is 2.85. The van der Waals surface area contributed by atoms with Crippen molar-refractivity contribution in [2.75, 3.05) is 0 Å². The predicted molar refractivity (Wildman–Crippen MR) is 135 cm³/mol. The van der Waals surface area contributed by atoms with Crippen LogP contribution in [0.4, 0.5) is 0 Å². The summed E-state index contributed by atoms with van der Waals surface area (Å²) in [5, 5.41) is 0. The molecule has 7 rings (SSSR count). The van der Waals surface area contributed by atoms with E-state index in [0.717, 1.165) is 0 Å². The van der Waals surface area contributed by atoms with Gasteiger partial charge in [0, 0.05) is 19.3 Å². The van der Waals surface area contributed by atoms with E-state index < -0.39 is 0 Å². The summed E-state index contributed by atoms with van der Waals surface area (Å²) in [7, 11) is 0. The van der Waals surface area contributed by atoms with Crippen LogP contribution in [0.25, 0.3) is 22.3 Å². The lowest BCUT2D eigenvalue weighted by molar-refractivity contribution is 0.0977. The zero-order chi connectivity index (χ0) is 20.7. The number of hydrogen-bond donors (Lipinski definition) is 0. The minimum atomic E-state index is 0.430. The molecule has 3 fully saturated rings. The highest BCUT2D eigenvalue weighted by Crippen LogP contribution is 2.75. The van der Waals surface area contributed by atoms with Gasteiger partial charge in [0.1, 0.15) is 0 Å². The van der Waals surface area contributed by atoms with Crippen LogP contribution >= 0.6 is 23.5 Å². The molecule has 0 nitrogen and oxygen atoms in total. The summed E-state index contributed by atoms with van der Waals surface area (Å²) in [6.07, 6.45) is 3.92. The average Bonchev–Trinajstić information content (AvgIpc) is 2.79. The van der Waals surface area contributed by atoms with Crippen LogP contribution in [0.2, 0.25) is 0 Å². The molecule has 2 bridgehead atoms. The van der Waals surface area contributed by atoms with Gasteiger partial charge in [0.2, 0.25) is 0 Å². The Morgan fingerprint density at radius 2 is 0.774 bits per heavy atom. The van der Waals surface area contributed by atoms with Crippen molar-refractivity contribution < 1.29 is 0 Å². The van der Waals surface area contributed by atoms with E-state index in [1.54, 1.807) is 0 Å². The predicted octanol–water partition coefficient (Wildman–Crippen LogP) is 8.58. The van der Waals surface area contributed by atoms with Crippen LogP contribution in [-0.4, -0.2) is 9.49 Å². The molecule has 4 aromatic rings. The Balaban J connectivity index is 1.19. The summed E-state index contributed by atoms with van der Waals surface area (Å²) in [5.41, 5.74) is 5.37. The largest absolute Gasteiger partial charge is 0.119 e. The maximum atomic E-state index is 2.30. The normalized spacial score (nSPS) is 23.6. The fourth-order valence-corrected chi connectivity index (χ4v) is 9.30. The van der Waals surface area contributed by atoms with E-state index in [0.29, 0.717) is 9.49 Å². The third-order valence-corrected chi connectivity index (χ3v) is 9.41. The van der Waals surface area contributed by atoms with Crippen molar-refractivity contribution in [2.24, 2.45) is 0 Å². The topological polar surface area (TPSA) is 0 Å². The van der Waals surface area contributed by atoms with Crippen LogP contribution in [0.1, 0.15) is 19.3 Å². The lowest BCUT2D eigenvalue weighted by atomic mass is 9.54. The lowest BCUT2D eigenvalue weighted by Gasteiger charge is -2.69. The Morgan fingerprint density at radius 3 is 1.19 bits per heavy atom. The Hall–Kier alpha value is -2.42. The highest BCUT2D eigenvalue weighted by Gasteiger charge is 2.68. The molecule has 0 amide bonds. The van der Waals surface area contributed by atoms with Gasteiger partial charge < -0.3 is 0 Å². The molecule has 0 heterocycles. The first-order valence-corrected chi connectivity index (χ1v) is 12.5. The highest BCUT2D eigenvalue weighted by atomic mass is 32.2. The van der Waals surface area contributed by atoms with Crippen LogP contribution < -0.4 is 0 Å². The molecule has 3 aliphatic rings. The SMILES string of the molecule is c1ccc(-c2ccccc2SC23CC(Sc4ccccc4-c4ccccc4)(C2)C3)cc1. The molecule has 152 valence electrons. The Morgan fingerprint density at radius 1 is 0.419 bits per heavy atom. The van der Waals surface area contributed by atoms with E-state index in [1.165, 1.54) is 51.3 Å². The maximum absolute atomic E-state index is 2.30. The van der Waals surface area contributed by atoms with Crippen molar-refractivity contribution in [1.29, 1.82) is 0 Å². The second-order valence-corrected chi connectivity index (χ2v) is 11.8. The molecule has 31 heavy (non-hydrogen) atoms. The first kappa shape index (κ1) is 19.3. The monoisotopic (exact) mass is 436 g/mol. The summed E-state index contributed by atoms with van der Waals surface area (Å²) in [6, 6.07) is 39.4. The fourth-order valence-electron chi connectivity index (χ4n) is 5.11. The quantitative estimate of drug-likeness (QED) is 0.297. The van der Waals surface area contributed by atoms with E-state index in [-0.39, 0.29) is 0 Å². The molecule has 3 aliphatic carbocycles. The van der Waals surface area contributed by atoms with Gasteiger partial charge in [-0.1, -0.05) is 97.1 Å². The Kier molecular flexibility index (Phi) is 4.74. The van der Waals surface area contributed by atoms with Crippen LogP contribution in [0.15, 0.2) is 119 Å². The Bertz CT molecular complexity index is 1100. The van der Waals surface area contributed by atoms with Crippen molar-refractivity contribution >= 4 is 23.5 Å². The van der Waals surface area contributed by atoms with Crippen molar-refractivity contribution in [3.63, 3.8) is 0 Å². The molecule has 0 spiro atoms. The minimum absolute atomic E-state index is 0.430. The van der Waals surface area contributed by atoms with Gasteiger partial charge in [0.25, 0.3) is 0 Å². The van der Waals surface area contributed by atoms with Gasteiger partial charge in [-0.2, -0.15) is 0 Å². The molecule has 0 atom stereocenters. The van der Waals surface area contributed by atoms with Gasteiger partial charge in [-0.15, -0.1) is 23.5 Å². The van der Waals surface area contributed by atoms with Gasteiger partial charge in [-0.25, -0.2) is 0 Å². The third-order valence-electron chi connectivity index (χ3n) is 6.53. The van der Waals surface area contributed by atoms with Gasteiger partial charge in [0.05, 0.1) is 0 Å². The number of rotatable bonds is 6. The molecule has 0 radical (unpaired) electrons. The summed E-state index contributed by atoms with van der Waals surface area (Å²) >= 11 is 4.23.